The number of piperidine rings is 1. The van der Waals surface area contributed by atoms with Gasteiger partial charge in [-0.05, 0) is 62.2 Å². The largest absolute Gasteiger partial charge is 0.490 e. The second-order valence-corrected chi connectivity index (χ2v) is 10.1. The van der Waals surface area contributed by atoms with Crippen molar-refractivity contribution in [3.05, 3.63) is 82.9 Å². The molecule has 0 radical (unpaired) electrons. The number of hydrogen-bond acceptors (Lipinski definition) is 7. The van der Waals surface area contributed by atoms with E-state index in [1.165, 1.54) is 23.1 Å². The highest BCUT2D eigenvalue weighted by Crippen LogP contribution is 2.37. The van der Waals surface area contributed by atoms with E-state index in [0.29, 0.717) is 28.1 Å². The molecule has 10 nitrogen and oxygen atoms in total. The van der Waals surface area contributed by atoms with E-state index in [2.05, 4.69) is 10.6 Å². The Morgan fingerprint density at radius 3 is 2.45 bits per heavy atom. The summed E-state index contributed by atoms with van der Waals surface area (Å²) >= 11 is 0. The lowest BCUT2D eigenvalue weighted by molar-refractivity contribution is -0.136. The molecule has 2 aliphatic rings. The van der Waals surface area contributed by atoms with Crippen molar-refractivity contribution in [3.8, 4) is 17.2 Å². The first-order valence-electron chi connectivity index (χ1n) is 13.2. The molecule has 1 saturated heterocycles. The van der Waals surface area contributed by atoms with Crippen LogP contribution in [-0.2, 0) is 27.5 Å². The topological polar surface area (TPSA) is 123 Å². The van der Waals surface area contributed by atoms with Crippen LogP contribution in [0.5, 0.6) is 17.2 Å². The lowest BCUT2D eigenvalue weighted by Crippen LogP contribution is -2.52. The molecule has 2 N–H and O–H groups in total. The van der Waals surface area contributed by atoms with E-state index >= 15 is 0 Å². The predicted octanol–water partition coefficient (Wildman–Crippen LogP) is 5.05. The molecule has 0 saturated carbocycles. The fourth-order valence-corrected chi connectivity index (χ4v) is 4.73. The molecular formula is C30H27F2N3O7. The van der Waals surface area contributed by atoms with Crippen LogP contribution in [0.1, 0.15) is 48.2 Å². The average molecular weight is 580 g/mol. The van der Waals surface area contributed by atoms with Gasteiger partial charge in [0.05, 0.1) is 11.7 Å². The molecule has 12 heteroatoms. The van der Waals surface area contributed by atoms with Gasteiger partial charge in [0, 0.05) is 30.3 Å². The molecule has 0 aromatic heterocycles. The number of ether oxygens (including phenoxy) is 3. The smallest absolute Gasteiger partial charge is 0.411 e. The molecule has 0 bridgehead atoms. The molecule has 0 spiro atoms. The van der Waals surface area contributed by atoms with Gasteiger partial charge in [-0.25, -0.2) is 13.6 Å². The van der Waals surface area contributed by atoms with E-state index in [0.717, 1.165) is 12.1 Å². The Balaban J connectivity index is 1.24. The van der Waals surface area contributed by atoms with Crippen LogP contribution in [0.3, 0.4) is 0 Å². The van der Waals surface area contributed by atoms with Crippen LogP contribution in [0.4, 0.5) is 19.3 Å². The molecule has 0 aliphatic carbocycles. The number of amides is 4. The molecule has 3 aromatic rings. The standard InChI is InChI=1S/C30H27F2N3O7/c1-16(2)41-27-18(4-3-17-14-35(29(38)26(17)27)24-11-12-25(36)34-28(24)37)15-40-30(39)33-19-5-7-20(8-6-19)42-21-9-10-22(31)23(32)13-21/h3-10,13,16,24H,11-12,14-15H2,1-2H3,(H,33,39)(H,34,36,37). The predicted molar refractivity (Wildman–Crippen MR) is 145 cm³/mol. The second-order valence-electron chi connectivity index (χ2n) is 10.1. The first-order valence-corrected chi connectivity index (χ1v) is 13.2. The first kappa shape index (κ1) is 28.5. The fourth-order valence-electron chi connectivity index (χ4n) is 4.73. The minimum atomic E-state index is -1.03. The van der Waals surface area contributed by atoms with Crippen LogP contribution < -0.4 is 20.1 Å². The highest BCUT2D eigenvalue weighted by atomic mass is 19.2. The Hall–Kier alpha value is -5.00. The molecule has 1 atom stereocenters. The lowest BCUT2D eigenvalue weighted by Gasteiger charge is -2.29. The van der Waals surface area contributed by atoms with Crippen LogP contribution in [0.2, 0.25) is 0 Å². The summed E-state index contributed by atoms with van der Waals surface area (Å²) in [6, 6.07) is 12.0. The number of imide groups is 1. The number of nitrogens with one attached hydrogen (secondary N) is 2. The fraction of sp³-hybridized carbons (Fsp3) is 0.267. The zero-order valence-corrected chi connectivity index (χ0v) is 22.7. The highest BCUT2D eigenvalue weighted by Gasteiger charge is 2.41. The summed E-state index contributed by atoms with van der Waals surface area (Å²) in [5.74, 6) is -2.57. The third-order valence-corrected chi connectivity index (χ3v) is 6.67. The third-order valence-electron chi connectivity index (χ3n) is 6.67. The maximum Gasteiger partial charge on any atom is 0.411 e. The van der Waals surface area contributed by atoms with E-state index in [1.54, 1.807) is 38.1 Å². The van der Waals surface area contributed by atoms with E-state index in [4.69, 9.17) is 14.2 Å². The van der Waals surface area contributed by atoms with Gasteiger partial charge in [0.2, 0.25) is 11.8 Å². The Bertz CT molecular complexity index is 1560. The van der Waals surface area contributed by atoms with Crippen molar-refractivity contribution in [2.75, 3.05) is 5.32 Å². The van der Waals surface area contributed by atoms with Gasteiger partial charge in [0.15, 0.2) is 11.6 Å². The number of fused-ring (bicyclic) bond motifs is 1. The summed E-state index contributed by atoms with van der Waals surface area (Å²) in [6.07, 6.45) is -0.687. The number of benzene rings is 3. The maximum atomic E-state index is 13.4. The van der Waals surface area contributed by atoms with Gasteiger partial charge in [-0.2, -0.15) is 0 Å². The van der Waals surface area contributed by atoms with E-state index in [-0.39, 0.29) is 49.5 Å². The summed E-state index contributed by atoms with van der Waals surface area (Å²) in [7, 11) is 0. The van der Waals surface area contributed by atoms with E-state index < -0.39 is 35.6 Å². The summed E-state index contributed by atoms with van der Waals surface area (Å²) in [4.78, 5) is 51.4. The van der Waals surface area contributed by atoms with E-state index in [9.17, 15) is 28.0 Å². The van der Waals surface area contributed by atoms with Gasteiger partial charge < -0.3 is 19.1 Å². The minimum Gasteiger partial charge on any atom is -0.490 e. The summed E-state index contributed by atoms with van der Waals surface area (Å²) in [5.41, 5.74) is 1.82. The van der Waals surface area contributed by atoms with Gasteiger partial charge in [-0.3, -0.25) is 25.0 Å². The molecule has 218 valence electrons. The van der Waals surface area contributed by atoms with Gasteiger partial charge in [-0.1, -0.05) is 12.1 Å². The van der Waals surface area contributed by atoms with Crippen LogP contribution in [-0.4, -0.2) is 40.9 Å². The monoisotopic (exact) mass is 579 g/mol. The third kappa shape index (κ3) is 6.17. The number of rotatable bonds is 8. The number of halogens is 2. The first-order chi connectivity index (χ1) is 20.1. The van der Waals surface area contributed by atoms with Crippen molar-refractivity contribution in [2.45, 2.75) is 52.0 Å². The van der Waals surface area contributed by atoms with Crippen molar-refractivity contribution in [1.29, 1.82) is 0 Å². The number of anilines is 1. The zero-order valence-electron chi connectivity index (χ0n) is 22.7. The number of hydrogen-bond donors (Lipinski definition) is 2. The van der Waals surface area contributed by atoms with Crippen LogP contribution in [0.15, 0.2) is 54.6 Å². The van der Waals surface area contributed by atoms with E-state index in [1.807, 2.05) is 0 Å². The Kier molecular flexibility index (Phi) is 8.05. The molecule has 3 aromatic carbocycles. The number of carbonyl (C=O) groups excluding carboxylic acids is 4. The van der Waals surface area contributed by atoms with Crippen LogP contribution in [0, 0.1) is 11.6 Å². The Labute approximate surface area is 239 Å². The van der Waals surface area contributed by atoms with Gasteiger partial charge in [-0.15, -0.1) is 0 Å². The molecule has 1 unspecified atom stereocenters. The molecule has 1 fully saturated rings. The van der Waals surface area contributed by atoms with Crippen molar-refractivity contribution in [3.63, 3.8) is 0 Å². The summed E-state index contributed by atoms with van der Waals surface area (Å²) in [5, 5.41) is 4.87. The average Bonchev–Trinajstić information content (AvgIpc) is 3.27. The zero-order chi connectivity index (χ0) is 30.0. The van der Waals surface area contributed by atoms with Gasteiger partial charge in [0.25, 0.3) is 5.91 Å². The normalized spacial score (nSPS) is 16.3. The Morgan fingerprint density at radius 1 is 1.02 bits per heavy atom. The quantitative estimate of drug-likeness (QED) is 0.358. The molecular weight excluding hydrogens is 552 g/mol. The van der Waals surface area contributed by atoms with Gasteiger partial charge >= 0.3 is 6.09 Å². The van der Waals surface area contributed by atoms with Crippen molar-refractivity contribution in [2.24, 2.45) is 0 Å². The number of carbonyl (C=O) groups is 4. The summed E-state index contributed by atoms with van der Waals surface area (Å²) in [6.45, 7) is 3.58. The highest BCUT2D eigenvalue weighted by molar-refractivity contribution is 6.06. The summed E-state index contributed by atoms with van der Waals surface area (Å²) < 4.78 is 43.4. The molecule has 42 heavy (non-hydrogen) atoms. The van der Waals surface area contributed by atoms with Crippen molar-refractivity contribution >= 4 is 29.5 Å². The van der Waals surface area contributed by atoms with Crippen molar-refractivity contribution < 1.29 is 42.2 Å². The number of nitrogens with zero attached hydrogens (tertiary/aromatic N) is 1. The minimum absolute atomic E-state index is 0.112. The van der Waals surface area contributed by atoms with Gasteiger partial charge in [0.1, 0.15) is 29.9 Å². The molecule has 5 rings (SSSR count). The molecule has 4 amide bonds. The maximum absolute atomic E-state index is 13.4. The molecule has 2 heterocycles. The lowest BCUT2D eigenvalue weighted by atomic mass is 10.0. The Morgan fingerprint density at radius 2 is 1.76 bits per heavy atom. The van der Waals surface area contributed by atoms with Crippen LogP contribution in [0.25, 0.3) is 0 Å². The SMILES string of the molecule is CC(C)Oc1c(COC(=O)Nc2ccc(Oc3ccc(F)c(F)c3)cc2)ccc2c1C(=O)N(C1CCC(=O)NC1=O)C2. The van der Waals surface area contributed by atoms with Crippen molar-refractivity contribution in [1.82, 2.24) is 10.2 Å². The molecule has 2 aliphatic heterocycles. The second kappa shape index (κ2) is 11.9. The van der Waals surface area contributed by atoms with Crippen LogP contribution >= 0.6 is 0 Å².